The second-order valence-electron chi connectivity index (χ2n) is 7.43. The van der Waals surface area contributed by atoms with Crippen molar-refractivity contribution in [2.45, 2.75) is 51.5 Å². The number of piperidine rings is 1. The Balaban J connectivity index is 1.64. The fraction of sp³-hybridized carbons (Fsp3) is 0.458. The van der Waals surface area contributed by atoms with E-state index in [-0.39, 0.29) is 5.91 Å². The molecular formula is C24H32N2O2. The van der Waals surface area contributed by atoms with Crippen molar-refractivity contribution in [1.82, 2.24) is 10.4 Å². The molecule has 4 heteroatoms. The monoisotopic (exact) mass is 380 g/mol. The molecule has 0 aliphatic carbocycles. The summed E-state index contributed by atoms with van der Waals surface area (Å²) in [6.07, 6.45) is 6.22. The number of amides is 1. The summed E-state index contributed by atoms with van der Waals surface area (Å²) in [5.74, 6) is 0.00646. The van der Waals surface area contributed by atoms with Crippen LogP contribution in [0.25, 0.3) is 0 Å². The van der Waals surface area contributed by atoms with Gasteiger partial charge in [-0.15, -0.1) is 0 Å². The van der Waals surface area contributed by atoms with Gasteiger partial charge in [-0.2, -0.15) is 0 Å². The van der Waals surface area contributed by atoms with E-state index in [1.165, 1.54) is 12.0 Å². The summed E-state index contributed by atoms with van der Waals surface area (Å²) in [5.41, 5.74) is 6.41. The zero-order chi connectivity index (χ0) is 19.6. The molecule has 3 rings (SSSR count). The first-order chi connectivity index (χ1) is 13.8. The van der Waals surface area contributed by atoms with E-state index in [4.69, 9.17) is 4.74 Å². The number of aryl methyl sites for hydroxylation is 1. The van der Waals surface area contributed by atoms with Gasteiger partial charge >= 0.3 is 0 Å². The van der Waals surface area contributed by atoms with E-state index in [9.17, 15) is 4.79 Å². The Hall–Kier alpha value is -2.17. The van der Waals surface area contributed by atoms with Crippen molar-refractivity contribution in [2.75, 3.05) is 19.8 Å². The van der Waals surface area contributed by atoms with Crippen LogP contribution in [0.5, 0.6) is 0 Å². The zero-order valence-corrected chi connectivity index (χ0v) is 16.9. The van der Waals surface area contributed by atoms with Crippen LogP contribution in [-0.4, -0.2) is 36.7 Å². The molecule has 1 aliphatic rings. The van der Waals surface area contributed by atoms with Crippen LogP contribution in [0.1, 0.15) is 54.1 Å². The standard InChI is InChI=1S/C24H32N2O2/c1-2-28-18-10-14-21-13-6-7-16-23(21)24(27)25-26-17-9-8-15-22(26)19-20-11-4-3-5-12-20/h3-7,11-13,16,22H,2,8-10,14-15,17-19H2,1H3,(H,25,27). The molecule has 2 aromatic carbocycles. The van der Waals surface area contributed by atoms with E-state index in [0.717, 1.165) is 63.0 Å². The predicted molar refractivity (Wildman–Crippen MR) is 113 cm³/mol. The lowest BCUT2D eigenvalue weighted by Crippen LogP contribution is -2.51. The van der Waals surface area contributed by atoms with Crippen molar-refractivity contribution in [1.29, 1.82) is 0 Å². The van der Waals surface area contributed by atoms with Crippen LogP contribution >= 0.6 is 0 Å². The highest BCUT2D eigenvalue weighted by Crippen LogP contribution is 2.20. The molecule has 0 aromatic heterocycles. The number of nitrogens with zero attached hydrogens (tertiary/aromatic N) is 1. The van der Waals surface area contributed by atoms with E-state index in [0.29, 0.717) is 6.04 Å². The van der Waals surface area contributed by atoms with Crippen LogP contribution in [0.3, 0.4) is 0 Å². The first-order valence-corrected chi connectivity index (χ1v) is 10.5. The number of carbonyl (C=O) groups excluding carboxylic acids is 1. The Morgan fingerprint density at radius 1 is 1.11 bits per heavy atom. The van der Waals surface area contributed by atoms with Gasteiger partial charge < -0.3 is 4.74 Å². The van der Waals surface area contributed by atoms with Gasteiger partial charge in [-0.1, -0.05) is 55.0 Å². The van der Waals surface area contributed by atoms with Crippen molar-refractivity contribution >= 4 is 5.91 Å². The summed E-state index contributed by atoms with van der Waals surface area (Å²) in [5, 5.41) is 2.16. The number of hydrogen-bond acceptors (Lipinski definition) is 3. The number of carbonyl (C=O) groups is 1. The van der Waals surface area contributed by atoms with Crippen LogP contribution in [0.2, 0.25) is 0 Å². The topological polar surface area (TPSA) is 41.6 Å². The van der Waals surface area contributed by atoms with Gasteiger partial charge in [-0.05, 0) is 56.2 Å². The molecule has 2 aromatic rings. The van der Waals surface area contributed by atoms with Crippen LogP contribution < -0.4 is 5.43 Å². The number of rotatable bonds is 9. The molecule has 150 valence electrons. The van der Waals surface area contributed by atoms with Crippen LogP contribution in [0.15, 0.2) is 54.6 Å². The maximum Gasteiger partial charge on any atom is 0.265 e. The van der Waals surface area contributed by atoms with Crippen LogP contribution in [0.4, 0.5) is 0 Å². The minimum atomic E-state index is 0.00646. The number of benzene rings is 2. The summed E-state index contributed by atoms with van der Waals surface area (Å²) in [4.78, 5) is 13.0. The molecule has 1 N–H and O–H groups in total. The molecule has 0 radical (unpaired) electrons. The average molecular weight is 381 g/mol. The molecule has 1 atom stereocenters. The average Bonchev–Trinajstić information content (AvgIpc) is 2.74. The molecule has 1 unspecified atom stereocenters. The highest BCUT2D eigenvalue weighted by molar-refractivity contribution is 5.95. The highest BCUT2D eigenvalue weighted by atomic mass is 16.5. The summed E-state index contributed by atoms with van der Waals surface area (Å²) in [6.45, 7) is 4.39. The minimum absolute atomic E-state index is 0.00646. The lowest BCUT2D eigenvalue weighted by molar-refractivity contribution is 0.0572. The highest BCUT2D eigenvalue weighted by Gasteiger charge is 2.25. The molecule has 1 heterocycles. The second kappa shape index (κ2) is 11.0. The first kappa shape index (κ1) is 20.6. The first-order valence-electron chi connectivity index (χ1n) is 10.5. The van der Waals surface area contributed by atoms with Crippen molar-refractivity contribution in [3.8, 4) is 0 Å². The summed E-state index contributed by atoms with van der Waals surface area (Å²) >= 11 is 0. The number of hydrogen-bond donors (Lipinski definition) is 1. The Labute approximate surface area is 168 Å². The Morgan fingerprint density at radius 2 is 1.89 bits per heavy atom. The maximum absolute atomic E-state index is 13.0. The number of nitrogens with one attached hydrogen (secondary N) is 1. The molecule has 0 saturated carbocycles. The SMILES string of the molecule is CCOCCCc1ccccc1C(=O)NN1CCCCC1Cc1ccccc1. The van der Waals surface area contributed by atoms with E-state index < -0.39 is 0 Å². The fourth-order valence-corrected chi connectivity index (χ4v) is 3.91. The normalized spacial score (nSPS) is 17.4. The Morgan fingerprint density at radius 3 is 2.71 bits per heavy atom. The summed E-state index contributed by atoms with van der Waals surface area (Å²) in [7, 11) is 0. The van der Waals surface area contributed by atoms with Gasteiger partial charge in [-0.25, -0.2) is 5.01 Å². The van der Waals surface area contributed by atoms with Crippen molar-refractivity contribution in [3.05, 3.63) is 71.3 Å². The third kappa shape index (κ3) is 5.91. The van der Waals surface area contributed by atoms with Crippen LogP contribution in [-0.2, 0) is 17.6 Å². The van der Waals surface area contributed by atoms with Crippen LogP contribution in [0, 0.1) is 0 Å². The maximum atomic E-state index is 13.0. The van der Waals surface area contributed by atoms with Gasteiger partial charge in [0.25, 0.3) is 5.91 Å². The molecule has 28 heavy (non-hydrogen) atoms. The molecule has 1 saturated heterocycles. The van der Waals surface area contributed by atoms with Crippen molar-refractivity contribution < 1.29 is 9.53 Å². The smallest absolute Gasteiger partial charge is 0.265 e. The molecule has 0 bridgehead atoms. The zero-order valence-electron chi connectivity index (χ0n) is 16.9. The van der Waals surface area contributed by atoms with Gasteiger partial charge in [0.15, 0.2) is 0 Å². The molecule has 4 nitrogen and oxygen atoms in total. The van der Waals surface area contributed by atoms with Gasteiger partial charge in [0, 0.05) is 31.4 Å². The number of ether oxygens (including phenoxy) is 1. The van der Waals surface area contributed by atoms with Gasteiger partial charge in [0.05, 0.1) is 0 Å². The number of hydrazine groups is 1. The molecule has 0 spiro atoms. The lowest BCUT2D eigenvalue weighted by Gasteiger charge is -2.36. The third-order valence-electron chi connectivity index (χ3n) is 5.39. The molecular weight excluding hydrogens is 348 g/mol. The summed E-state index contributed by atoms with van der Waals surface area (Å²) in [6, 6.07) is 18.8. The van der Waals surface area contributed by atoms with E-state index in [2.05, 4.69) is 40.8 Å². The Kier molecular flexibility index (Phi) is 8.07. The molecule has 1 amide bonds. The second-order valence-corrected chi connectivity index (χ2v) is 7.43. The lowest BCUT2D eigenvalue weighted by atomic mass is 9.97. The largest absolute Gasteiger partial charge is 0.382 e. The minimum Gasteiger partial charge on any atom is -0.382 e. The van der Waals surface area contributed by atoms with Crippen molar-refractivity contribution in [3.63, 3.8) is 0 Å². The predicted octanol–water partition coefficient (Wildman–Crippen LogP) is 4.40. The third-order valence-corrected chi connectivity index (χ3v) is 5.39. The van der Waals surface area contributed by atoms with Gasteiger partial charge in [0.1, 0.15) is 0 Å². The van der Waals surface area contributed by atoms with E-state index in [1.807, 2.05) is 31.2 Å². The van der Waals surface area contributed by atoms with Gasteiger partial charge in [-0.3, -0.25) is 10.2 Å². The molecule has 1 fully saturated rings. The molecule has 1 aliphatic heterocycles. The van der Waals surface area contributed by atoms with Gasteiger partial charge in [0.2, 0.25) is 0 Å². The van der Waals surface area contributed by atoms with Crippen molar-refractivity contribution in [2.24, 2.45) is 0 Å². The summed E-state index contributed by atoms with van der Waals surface area (Å²) < 4.78 is 5.44. The van der Waals surface area contributed by atoms with E-state index in [1.54, 1.807) is 0 Å². The fourth-order valence-electron chi connectivity index (χ4n) is 3.91. The Bertz CT molecular complexity index is 732. The quantitative estimate of drug-likeness (QED) is 0.656. The van der Waals surface area contributed by atoms with E-state index >= 15 is 0 Å².